The Morgan fingerprint density at radius 1 is 1.08 bits per heavy atom. The van der Waals surface area contributed by atoms with Gasteiger partial charge in [0.15, 0.2) is 0 Å². The van der Waals surface area contributed by atoms with Crippen molar-refractivity contribution in [3.8, 4) is 5.75 Å². The zero-order chi connectivity index (χ0) is 18.3. The van der Waals surface area contributed by atoms with Gasteiger partial charge in [-0.15, -0.1) is 0 Å². The van der Waals surface area contributed by atoms with Crippen molar-refractivity contribution in [1.82, 2.24) is 0 Å². The average molecular weight is 379 g/mol. The van der Waals surface area contributed by atoms with E-state index in [9.17, 15) is 8.42 Å². The molecule has 132 valence electrons. The van der Waals surface area contributed by atoms with Crippen molar-refractivity contribution in [2.24, 2.45) is 10.2 Å². The molecule has 0 radical (unpaired) electrons. The number of hydrogen-bond donors (Lipinski definition) is 0. The fourth-order valence-electron chi connectivity index (χ4n) is 2.02. The lowest BCUT2D eigenvalue weighted by Gasteiger charge is -2.08. The molecule has 25 heavy (non-hydrogen) atoms. The first-order valence-corrected chi connectivity index (χ1v) is 9.94. The number of nitrogens with zero attached hydrogens (tertiary/aromatic N) is 2. The molecule has 2 aromatic rings. The molecule has 0 N–H and O–H groups in total. The molecule has 0 aliphatic carbocycles. The molecule has 2 aromatic carbocycles. The smallest absolute Gasteiger partial charge is 0.306 e. The summed E-state index contributed by atoms with van der Waals surface area (Å²) >= 11 is 5.95. The van der Waals surface area contributed by atoms with Gasteiger partial charge < -0.3 is 4.18 Å². The Balaban J connectivity index is 2.36. The van der Waals surface area contributed by atoms with Crippen molar-refractivity contribution < 1.29 is 12.6 Å². The van der Waals surface area contributed by atoms with Crippen LogP contribution in [0.25, 0.3) is 0 Å². The molecule has 0 amide bonds. The van der Waals surface area contributed by atoms with Crippen molar-refractivity contribution in [3.05, 3.63) is 64.7 Å². The zero-order valence-corrected chi connectivity index (χ0v) is 15.6. The minimum Gasteiger partial charge on any atom is -0.383 e. The van der Waals surface area contributed by atoms with Gasteiger partial charge in [-0.25, -0.2) is 0 Å². The van der Waals surface area contributed by atoms with E-state index >= 15 is 0 Å². The van der Waals surface area contributed by atoms with Gasteiger partial charge in [0, 0.05) is 22.4 Å². The van der Waals surface area contributed by atoms with E-state index in [-0.39, 0.29) is 5.75 Å². The highest BCUT2D eigenvalue weighted by molar-refractivity contribution is 7.86. The van der Waals surface area contributed by atoms with Crippen LogP contribution in [0, 0.1) is 0 Å². The van der Waals surface area contributed by atoms with Gasteiger partial charge in [-0.1, -0.05) is 37.1 Å². The second kappa shape index (κ2) is 8.78. The van der Waals surface area contributed by atoms with Crippen LogP contribution in [0.1, 0.15) is 30.9 Å². The number of rotatable bonds is 7. The van der Waals surface area contributed by atoms with Gasteiger partial charge in [0.1, 0.15) is 11.5 Å². The molecular formula is C18H19ClN2O3S. The van der Waals surface area contributed by atoms with Crippen LogP contribution in [0.3, 0.4) is 0 Å². The summed E-state index contributed by atoms with van der Waals surface area (Å²) in [6, 6.07) is 13.9. The van der Waals surface area contributed by atoms with Crippen molar-refractivity contribution in [2.45, 2.75) is 19.8 Å². The highest BCUT2D eigenvalue weighted by atomic mass is 35.5. The van der Waals surface area contributed by atoms with Crippen molar-refractivity contribution in [3.63, 3.8) is 0 Å². The topological polar surface area (TPSA) is 68.1 Å². The van der Waals surface area contributed by atoms with Crippen LogP contribution in [0.5, 0.6) is 5.75 Å². The first-order chi connectivity index (χ1) is 11.9. The van der Waals surface area contributed by atoms with E-state index in [1.807, 2.05) is 12.1 Å². The summed E-state index contributed by atoms with van der Waals surface area (Å²) in [5.74, 6) is 0.246. The largest absolute Gasteiger partial charge is 0.383 e. The number of unbranched alkanes of at least 4 members (excludes halogenated alkanes) is 1. The maximum atomic E-state index is 11.2. The van der Waals surface area contributed by atoms with Gasteiger partial charge >= 0.3 is 10.1 Å². The summed E-state index contributed by atoms with van der Waals surface area (Å²) in [4.78, 5) is 0. The summed E-state index contributed by atoms with van der Waals surface area (Å²) in [6.45, 7) is 2.07. The molecule has 0 spiro atoms. The zero-order valence-electron chi connectivity index (χ0n) is 14.0. The first-order valence-electron chi connectivity index (χ1n) is 7.74. The van der Waals surface area contributed by atoms with E-state index < -0.39 is 10.1 Å². The molecule has 0 bridgehead atoms. The average Bonchev–Trinajstić information content (AvgIpc) is 2.56. The van der Waals surface area contributed by atoms with Gasteiger partial charge in [0.2, 0.25) is 0 Å². The van der Waals surface area contributed by atoms with Gasteiger partial charge in [0.05, 0.1) is 6.26 Å². The summed E-state index contributed by atoms with van der Waals surface area (Å²) < 4.78 is 27.3. The molecule has 5 nitrogen and oxygen atoms in total. The number of benzene rings is 2. The van der Waals surface area contributed by atoms with Crippen LogP contribution < -0.4 is 4.18 Å². The minimum absolute atomic E-state index is 0.246. The third kappa shape index (κ3) is 6.32. The van der Waals surface area contributed by atoms with Crippen LogP contribution in [-0.2, 0) is 10.1 Å². The maximum absolute atomic E-state index is 11.2. The predicted octanol–water partition coefficient (Wildman–Crippen LogP) is 4.30. The van der Waals surface area contributed by atoms with Crippen molar-refractivity contribution in [1.29, 1.82) is 0 Å². The molecular weight excluding hydrogens is 360 g/mol. The van der Waals surface area contributed by atoms with Gasteiger partial charge in [-0.2, -0.15) is 18.6 Å². The fourth-order valence-corrected chi connectivity index (χ4v) is 2.61. The highest BCUT2D eigenvalue weighted by Gasteiger charge is 2.09. The second-order valence-corrected chi connectivity index (χ2v) is 7.37. The molecule has 0 saturated carbocycles. The van der Waals surface area contributed by atoms with E-state index in [0.717, 1.165) is 30.2 Å². The summed E-state index contributed by atoms with van der Waals surface area (Å²) in [5, 5.41) is 9.07. The van der Waals surface area contributed by atoms with E-state index in [2.05, 4.69) is 17.1 Å². The van der Waals surface area contributed by atoms with Gasteiger partial charge in [-0.3, -0.25) is 0 Å². The van der Waals surface area contributed by atoms with E-state index in [1.54, 1.807) is 42.6 Å². The Morgan fingerprint density at radius 2 is 1.64 bits per heavy atom. The Kier molecular flexibility index (Phi) is 6.73. The molecule has 0 aliphatic rings. The fraction of sp³-hybridized carbons (Fsp3) is 0.222. The van der Waals surface area contributed by atoms with Crippen LogP contribution >= 0.6 is 11.6 Å². The van der Waals surface area contributed by atoms with Crippen LogP contribution in [0.4, 0.5) is 0 Å². The van der Waals surface area contributed by atoms with Crippen molar-refractivity contribution in [2.75, 3.05) is 6.26 Å². The molecule has 0 aliphatic heterocycles. The SMILES string of the molecule is CCC/C=N\N=C(\c1ccc(Cl)cc1)c1ccc(OS(C)(=O)=O)cc1. The lowest BCUT2D eigenvalue weighted by Crippen LogP contribution is -2.07. The lowest BCUT2D eigenvalue weighted by atomic mass is 10.0. The van der Waals surface area contributed by atoms with E-state index in [4.69, 9.17) is 15.8 Å². The molecule has 2 rings (SSSR count). The summed E-state index contributed by atoms with van der Waals surface area (Å²) in [7, 11) is -3.56. The monoisotopic (exact) mass is 378 g/mol. The van der Waals surface area contributed by atoms with E-state index in [0.29, 0.717) is 10.7 Å². The minimum atomic E-state index is -3.56. The lowest BCUT2D eigenvalue weighted by molar-refractivity contribution is 0.493. The molecule has 0 heterocycles. The molecule has 0 unspecified atom stereocenters. The summed E-state index contributed by atoms with van der Waals surface area (Å²) in [6.07, 6.45) is 4.60. The molecule has 0 aromatic heterocycles. The van der Waals surface area contributed by atoms with Crippen LogP contribution in [0.15, 0.2) is 58.7 Å². The Morgan fingerprint density at radius 3 is 2.16 bits per heavy atom. The Labute approximate surface area is 153 Å². The Bertz CT molecular complexity index is 858. The standard InChI is InChI=1S/C18H19ClN2O3S/c1-3-4-13-20-21-18(14-5-9-16(19)10-6-14)15-7-11-17(12-8-15)24-25(2,22)23/h5-13H,3-4H2,1-2H3/b20-13-,21-18-. The highest BCUT2D eigenvalue weighted by Crippen LogP contribution is 2.19. The Hall–Kier alpha value is -2.18. The third-order valence-electron chi connectivity index (χ3n) is 3.15. The van der Waals surface area contributed by atoms with Gasteiger partial charge in [-0.05, 0) is 42.8 Å². The molecule has 7 heteroatoms. The quantitative estimate of drug-likeness (QED) is 0.409. The van der Waals surface area contributed by atoms with E-state index in [1.165, 1.54) is 0 Å². The summed E-state index contributed by atoms with van der Waals surface area (Å²) in [5.41, 5.74) is 2.31. The van der Waals surface area contributed by atoms with Crippen LogP contribution in [0.2, 0.25) is 5.02 Å². The first kappa shape index (κ1) is 19.1. The second-order valence-electron chi connectivity index (χ2n) is 5.35. The molecule has 0 atom stereocenters. The maximum Gasteiger partial charge on any atom is 0.306 e. The predicted molar refractivity (Wildman–Crippen MR) is 102 cm³/mol. The molecule has 0 saturated heterocycles. The van der Waals surface area contributed by atoms with Crippen LogP contribution in [-0.4, -0.2) is 26.6 Å². The number of hydrogen-bond acceptors (Lipinski definition) is 5. The third-order valence-corrected chi connectivity index (χ3v) is 3.90. The normalized spacial score (nSPS) is 12.5. The molecule has 0 fully saturated rings. The van der Waals surface area contributed by atoms with Gasteiger partial charge in [0.25, 0.3) is 0 Å². The van der Waals surface area contributed by atoms with Crippen molar-refractivity contribution >= 4 is 33.6 Å². The number of halogens is 1.